The molecule has 35 heavy (non-hydrogen) atoms. The predicted octanol–water partition coefficient (Wildman–Crippen LogP) is 3.58. The van der Waals surface area contributed by atoms with Crippen LogP contribution in [0.25, 0.3) is 16.6 Å². The third-order valence-electron chi connectivity index (χ3n) is 7.10. The van der Waals surface area contributed by atoms with Gasteiger partial charge in [-0.25, -0.2) is 14.3 Å². The van der Waals surface area contributed by atoms with E-state index < -0.39 is 5.41 Å². The van der Waals surface area contributed by atoms with Crippen LogP contribution in [0.4, 0.5) is 11.5 Å². The van der Waals surface area contributed by atoms with Crippen molar-refractivity contribution < 1.29 is 5.11 Å². The zero-order valence-electron chi connectivity index (χ0n) is 20.1. The van der Waals surface area contributed by atoms with E-state index >= 15 is 0 Å². The van der Waals surface area contributed by atoms with Crippen molar-refractivity contribution in [3.8, 4) is 5.69 Å². The SMILES string of the molecule is CC(C)(CO)c1cc(-n2c3cc(Nc4ccc5c(c4)CNCC5)ncc3c(=O)n2C2CC2)ccn1. The molecule has 8 nitrogen and oxygen atoms in total. The molecule has 1 aliphatic heterocycles. The van der Waals surface area contributed by atoms with Gasteiger partial charge in [0.1, 0.15) is 5.82 Å². The Hall–Kier alpha value is -3.49. The fraction of sp³-hybridized carbons (Fsp3) is 0.370. The summed E-state index contributed by atoms with van der Waals surface area (Å²) in [6.07, 6.45) is 6.43. The molecule has 1 aliphatic carbocycles. The summed E-state index contributed by atoms with van der Waals surface area (Å²) in [6, 6.07) is 12.5. The van der Waals surface area contributed by atoms with Gasteiger partial charge in [-0.05, 0) is 61.2 Å². The Balaban J connectivity index is 1.46. The molecule has 0 saturated heterocycles. The topological polar surface area (TPSA) is 97.0 Å². The molecule has 4 heterocycles. The van der Waals surface area contributed by atoms with Gasteiger partial charge in [-0.3, -0.25) is 9.78 Å². The molecule has 6 rings (SSSR count). The Morgan fingerprint density at radius 1 is 1.14 bits per heavy atom. The van der Waals surface area contributed by atoms with Crippen molar-refractivity contribution in [2.45, 2.75) is 51.1 Å². The summed E-state index contributed by atoms with van der Waals surface area (Å²) >= 11 is 0. The lowest BCUT2D eigenvalue weighted by Crippen LogP contribution is -2.25. The van der Waals surface area contributed by atoms with E-state index in [-0.39, 0.29) is 18.2 Å². The van der Waals surface area contributed by atoms with E-state index in [1.54, 1.807) is 12.4 Å². The van der Waals surface area contributed by atoms with Crippen LogP contribution in [0.5, 0.6) is 0 Å². The molecule has 2 aliphatic rings. The lowest BCUT2D eigenvalue weighted by Gasteiger charge is -2.22. The number of nitrogens with one attached hydrogen (secondary N) is 2. The van der Waals surface area contributed by atoms with Crippen LogP contribution >= 0.6 is 0 Å². The maximum atomic E-state index is 13.4. The largest absolute Gasteiger partial charge is 0.395 e. The summed E-state index contributed by atoms with van der Waals surface area (Å²) in [5.74, 6) is 0.688. The van der Waals surface area contributed by atoms with Crippen LogP contribution in [0.15, 0.2) is 53.6 Å². The zero-order chi connectivity index (χ0) is 24.2. The van der Waals surface area contributed by atoms with E-state index in [0.717, 1.165) is 54.9 Å². The number of benzene rings is 1. The smallest absolute Gasteiger partial charge is 0.276 e. The van der Waals surface area contributed by atoms with Gasteiger partial charge in [-0.15, -0.1) is 0 Å². The van der Waals surface area contributed by atoms with Gasteiger partial charge in [0, 0.05) is 36.1 Å². The van der Waals surface area contributed by atoms with E-state index in [2.05, 4.69) is 38.8 Å². The summed E-state index contributed by atoms with van der Waals surface area (Å²) in [5.41, 5.74) is 5.59. The molecular formula is C27H30N6O2. The molecule has 0 spiro atoms. The van der Waals surface area contributed by atoms with Crippen LogP contribution in [0.1, 0.15) is 49.6 Å². The third-order valence-corrected chi connectivity index (χ3v) is 7.10. The zero-order valence-corrected chi connectivity index (χ0v) is 20.1. The van der Waals surface area contributed by atoms with E-state index in [1.807, 2.05) is 41.4 Å². The Bertz CT molecular complexity index is 1480. The number of nitrogens with zero attached hydrogens (tertiary/aromatic N) is 4. The van der Waals surface area contributed by atoms with Gasteiger partial charge < -0.3 is 15.7 Å². The van der Waals surface area contributed by atoms with Crippen molar-refractivity contribution in [3.63, 3.8) is 0 Å². The second-order valence-corrected chi connectivity index (χ2v) is 10.3. The summed E-state index contributed by atoms with van der Waals surface area (Å²) in [7, 11) is 0. The molecule has 3 N–H and O–H groups in total. The van der Waals surface area contributed by atoms with Crippen LogP contribution < -0.4 is 16.2 Å². The molecule has 0 bridgehead atoms. The lowest BCUT2D eigenvalue weighted by molar-refractivity contribution is 0.215. The lowest BCUT2D eigenvalue weighted by atomic mass is 9.90. The monoisotopic (exact) mass is 470 g/mol. The number of hydrogen-bond acceptors (Lipinski definition) is 6. The summed E-state index contributed by atoms with van der Waals surface area (Å²) in [4.78, 5) is 22.5. The maximum absolute atomic E-state index is 13.4. The number of pyridine rings is 2. The average Bonchev–Trinajstić information content (AvgIpc) is 3.68. The molecule has 1 fully saturated rings. The number of fused-ring (bicyclic) bond motifs is 2. The summed E-state index contributed by atoms with van der Waals surface area (Å²) < 4.78 is 3.85. The molecule has 1 saturated carbocycles. The van der Waals surface area contributed by atoms with Crippen molar-refractivity contribution in [1.82, 2.24) is 24.6 Å². The fourth-order valence-corrected chi connectivity index (χ4v) is 4.80. The number of aromatic nitrogens is 4. The number of aliphatic hydroxyl groups excluding tert-OH is 1. The Kier molecular flexibility index (Phi) is 5.23. The van der Waals surface area contributed by atoms with Crippen LogP contribution in [0, 0.1) is 0 Å². The van der Waals surface area contributed by atoms with Crippen LogP contribution in [0.3, 0.4) is 0 Å². The summed E-state index contributed by atoms with van der Waals surface area (Å²) in [5, 5.41) is 17.3. The van der Waals surface area contributed by atoms with Gasteiger partial charge in [-0.1, -0.05) is 19.9 Å². The quantitative estimate of drug-likeness (QED) is 0.399. The Morgan fingerprint density at radius 3 is 2.80 bits per heavy atom. The minimum Gasteiger partial charge on any atom is -0.395 e. The molecular weight excluding hydrogens is 440 g/mol. The van der Waals surface area contributed by atoms with Crippen molar-refractivity contribution in [3.05, 3.63) is 76.0 Å². The first-order valence-electron chi connectivity index (χ1n) is 12.3. The van der Waals surface area contributed by atoms with Gasteiger partial charge in [0.25, 0.3) is 5.56 Å². The van der Waals surface area contributed by atoms with Gasteiger partial charge >= 0.3 is 0 Å². The van der Waals surface area contributed by atoms with E-state index in [9.17, 15) is 9.90 Å². The molecule has 0 radical (unpaired) electrons. The third kappa shape index (κ3) is 3.92. The van der Waals surface area contributed by atoms with Crippen LogP contribution in [-0.2, 0) is 18.4 Å². The van der Waals surface area contributed by atoms with E-state index in [0.29, 0.717) is 11.2 Å². The molecule has 0 unspecified atom stereocenters. The first-order valence-corrected chi connectivity index (χ1v) is 12.3. The number of rotatable bonds is 6. The molecule has 0 atom stereocenters. The van der Waals surface area contributed by atoms with Crippen molar-refractivity contribution >= 4 is 22.4 Å². The Morgan fingerprint density at radius 2 is 2.00 bits per heavy atom. The van der Waals surface area contributed by atoms with Gasteiger partial charge in [0.2, 0.25) is 0 Å². The number of aliphatic hydroxyl groups is 1. The first kappa shape index (κ1) is 22.0. The first-order chi connectivity index (χ1) is 16.9. The standard InChI is InChI=1S/C27H30N6O2/c1-27(2,16-34)24-12-21(8-10-29-24)32-23-13-25(30-15-22(23)26(35)33(32)20-5-6-20)31-19-4-3-17-7-9-28-14-18(17)11-19/h3-4,8,10-13,15,20,28,34H,5-7,9,14,16H2,1-2H3,(H,30,31). The average molecular weight is 471 g/mol. The Labute approximate surface area is 203 Å². The number of anilines is 2. The second-order valence-electron chi connectivity index (χ2n) is 10.3. The van der Waals surface area contributed by atoms with Gasteiger partial charge in [-0.2, -0.15) is 0 Å². The fourth-order valence-electron chi connectivity index (χ4n) is 4.80. The number of hydrogen-bond donors (Lipinski definition) is 3. The minimum atomic E-state index is -0.487. The molecule has 8 heteroatoms. The molecule has 3 aromatic heterocycles. The van der Waals surface area contributed by atoms with Crippen LogP contribution in [-0.4, -0.2) is 37.6 Å². The van der Waals surface area contributed by atoms with Crippen molar-refractivity contribution in [2.75, 3.05) is 18.5 Å². The molecule has 180 valence electrons. The van der Waals surface area contributed by atoms with E-state index in [1.165, 1.54) is 11.1 Å². The highest BCUT2D eigenvalue weighted by molar-refractivity contribution is 5.83. The predicted molar refractivity (Wildman–Crippen MR) is 137 cm³/mol. The minimum absolute atomic E-state index is 0.0143. The second kappa shape index (κ2) is 8.32. The molecule has 1 aromatic carbocycles. The highest BCUT2D eigenvalue weighted by Gasteiger charge is 2.31. The molecule has 4 aromatic rings. The molecule has 0 amide bonds. The highest BCUT2D eigenvalue weighted by Crippen LogP contribution is 2.36. The summed E-state index contributed by atoms with van der Waals surface area (Å²) in [6.45, 7) is 5.79. The van der Waals surface area contributed by atoms with Crippen LogP contribution in [0.2, 0.25) is 0 Å². The van der Waals surface area contributed by atoms with Gasteiger partial charge in [0.05, 0.1) is 34.9 Å². The normalized spacial score (nSPS) is 15.9. The van der Waals surface area contributed by atoms with Crippen molar-refractivity contribution in [2.24, 2.45) is 0 Å². The highest BCUT2D eigenvalue weighted by atomic mass is 16.3. The van der Waals surface area contributed by atoms with Crippen molar-refractivity contribution in [1.29, 1.82) is 0 Å². The van der Waals surface area contributed by atoms with E-state index in [4.69, 9.17) is 0 Å². The maximum Gasteiger partial charge on any atom is 0.276 e. The van der Waals surface area contributed by atoms with Gasteiger partial charge in [0.15, 0.2) is 0 Å².